The minimum atomic E-state index is -0.606. The summed E-state index contributed by atoms with van der Waals surface area (Å²) < 4.78 is 10.9. The van der Waals surface area contributed by atoms with Crippen LogP contribution in [0.15, 0.2) is 0 Å². The highest BCUT2D eigenvalue weighted by molar-refractivity contribution is 8.13. The van der Waals surface area contributed by atoms with Gasteiger partial charge < -0.3 is 30.7 Å². The minimum absolute atomic E-state index is 0.0608. The van der Waals surface area contributed by atoms with E-state index in [1.807, 2.05) is 69.2 Å². The molecule has 12 nitrogen and oxygen atoms in total. The van der Waals surface area contributed by atoms with Gasteiger partial charge in [-0.3, -0.25) is 19.2 Å². The molecule has 8 fully saturated rings. The Balaban J connectivity index is 0.000000247. The lowest BCUT2D eigenvalue weighted by molar-refractivity contribution is -0.130. The second-order valence-electron chi connectivity index (χ2n) is 24.1. The minimum Gasteiger partial charge on any atom is -0.444 e. The monoisotopic (exact) mass is 961 g/mol. The quantitative estimate of drug-likeness (QED) is 0.0862. The van der Waals surface area contributed by atoms with Crippen molar-refractivity contribution in [3.05, 3.63) is 0 Å². The second kappa shape index (κ2) is 23.9. The SMILES string of the molecule is CC(C)C(=O)SCCCCC[C@H](NC(=O)OC(C)(C)C)C(=O)NC12CC3CC(CC(C3)C1)C2.CC(C)C(=O)SCCCCC[C@H](NC(=O)OC(C)(C)C)C(=O)NC12CC3CC(CC(C3)C1)C2. The molecule has 2 atom stereocenters. The Hall–Kier alpha value is -2.48. The van der Waals surface area contributed by atoms with Gasteiger partial charge in [0, 0.05) is 34.4 Å². The molecule has 8 rings (SSSR count). The molecule has 8 aliphatic carbocycles. The van der Waals surface area contributed by atoms with E-state index in [9.17, 15) is 28.8 Å². The summed E-state index contributed by atoms with van der Waals surface area (Å²) in [6.45, 7) is 18.6. The number of alkyl carbamates (subject to hydrolysis) is 2. The third-order valence-electron chi connectivity index (χ3n) is 14.6. The first-order valence-corrected chi connectivity index (χ1v) is 27.8. The Morgan fingerprint density at radius 3 is 1.03 bits per heavy atom. The van der Waals surface area contributed by atoms with Crippen molar-refractivity contribution in [2.24, 2.45) is 47.3 Å². The highest BCUT2D eigenvalue weighted by Crippen LogP contribution is 2.56. The van der Waals surface area contributed by atoms with E-state index in [4.69, 9.17) is 9.47 Å². The average molecular weight is 961 g/mol. The third-order valence-corrected chi connectivity index (χ3v) is 17.1. The Morgan fingerprint density at radius 2 is 0.773 bits per heavy atom. The summed E-state index contributed by atoms with van der Waals surface area (Å²) >= 11 is 2.79. The van der Waals surface area contributed by atoms with Crippen molar-refractivity contribution in [2.75, 3.05) is 11.5 Å². The highest BCUT2D eigenvalue weighted by atomic mass is 32.2. The Morgan fingerprint density at radius 1 is 0.485 bits per heavy atom. The molecule has 376 valence electrons. The molecule has 0 aromatic carbocycles. The first kappa shape index (κ1) is 54.5. The molecule has 0 unspecified atom stereocenters. The number of hydrogen-bond donors (Lipinski definition) is 4. The fourth-order valence-corrected chi connectivity index (χ4v) is 14.4. The smallest absolute Gasteiger partial charge is 0.408 e. The van der Waals surface area contributed by atoms with Crippen LogP contribution in [0.4, 0.5) is 9.59 Å². The molecule has 14 heteroatoms. The van der Waals surface area contributed by atoms with Crippen molar-refractivity contribution in [1.82, 2.24) is 21.3 Å². The van der Waals surface area contributed by atoms with Gasteiger partial charge in [0.15, 0.2) is 10.2 Å². The van der Waals surface area contributed by atoms with Crippen molar-refractivity contribution >= 4 is 57.8 Å². The van der Waals surface area contributed by atoms with Crippen LogP contribution in [0, 0.1) is 47.3 Å². The van der Waals surface area contributed by atoms with Crippen molar-refractivity contribution in [2.45, 2.75) is 232 Å². The first-order valence-electron chi connectivity index (χ1n) is 25.9. The summed E-state index contributed by atoms with van der Waals surface area (Å²) in [7, 11) is 0. The zero-order chi connectivity index (χ0) is 48.5. The zero-order valence-electron chi connectivity index (χ0n) is 42.4. The normalized spacial score (nSPS) is 29.1. The number of amides is 4. The number of unbranched alkanes of at least 4 members (excludes halogenated alkanes) is 4. The predicted molar refractivity (Wildman–Crippen MR) is 266 cm³/mol. The van der Waals surface area contributed by atoms with E-state index in [0.717, 1.165) is 124 Å². The largest absolute Gasteiger partial charge is 0.444 e. The maximum absolute atomic E-state index is 13.4. The van der Waals surface area contributed by atoms with Crippen LogP contribution in [0.5, 0.6) is 0 Å². The molecule has 0 spiro atoms. The van der Waals surface area contributed by atoms with E-state index < -0.39 is 35.5 Å². The fourth-order valence-electron chi connectivity index (χ4n) is 12.6. The molecule has 8 aliphatic rings. The summed E-state index contributed by atoms with van der Waals surface area (Å²) in [6.07, 6.45) is 19.9. The number of thioether (sulfide) groups is 2. The van der Waals surface area contributed by atoms with Gasteiger partial charge in [-0.15, -0.1) is 0 Å². The zero-order valence-corrected chi connectivity index (χ0v) is 44.0. The maximum Gasteiger partial charge on any atom is 0.408 e. The van der Waals surface area contributed by atoms with Gasteiger partial charge in [0.05, 0.1) is 0 Å². The topological polar surface area (TPSA) is 169 Å². The summed E-state index contributed by atoms with van der Waals surface area (Å²) in [5, 5.41) is 13.0. The molecule has 66 heavy (non-hydrogen) atoms. The van der Waals surface area contributed by atoms with Gasteiger partial charge in [-0.05, 0) is 180 Å². The van der Waals surface area contributed by atoms with Crippen LogP contribution in [0.3, 0.4) is 0 Å². The van der Waals surface area contributed by atoms with Crippen LogP contribution >= 0.6 is 23.5 Å². The standard InChI is InChI=1S/2C26H44N2O4S/c2*1-17(2)23(30)33-10-8-6-7-9-21(27-24(31)32-25(3,4)5)22(29)28-26-14-18-11-19(15-26)13-20(12-18)16-26/h2*17-21H,6-16H2,1-5H3,(H,27,31)(H,28,29)/t2*18?,19?,20?,21-,26?/m00/s1. The number of carbonyl (C=O) groups excluding carboxylic acids is 6. The van der Waals surface area contributed by atoms with E-state index in [0.29, 0.717) is 12.8 Å². The van der Waals surface area contributed by atoms with E-state index in [1.165, 1.54) is 62.0 Å². The third kappa shape index (κ3) is 17.5. The molecular formula is C52H88N4O8S2. The highest BCUT2D eigenvalue weighted by Gasteiger charge is 2.53. The van der Waals surface area contributed by atoms with Crippen LogP contribution in [0.25, 0.3) is 0 Å². The molecule has 0 aliphatic heterocycles. The van der Waals surface area contributed by atoms with Crippen molar-refractivity contribution in [1.29, 1.82) is 0 Å². The molecule has 8 saturated carbocycles. The summed E-state index contributed by atoms with van der Waals surface area (Å²) in [4.78, 5) is 75.2. The van der Waals surface area contributed by atoms with Crippen LogP contribution in [0.2, 0.25) is 0 Å². The summed E-state index contributed by atoms with van der Waals surface area (Å²) in [5.74, 6) is 6.11. The van der Waals surface area contributed by atoms with Crippen molar-refractivity contribution < 1.29 is 38.2 Å². The molecule has 0 heterocycles. The van der Waals surface area contributed by atoms with Gasteiger partial charge in [0.1, 0.15) is 23.3 Å². The Kier molecular flexibility index (Phi) is 19.7. The van der Waals surface area contributed by atoms with Crippen LogP contribution in [0.1, 0.15) is 198 Å². The maximum atomic E-state index is 13.4. The number of hydrogen-bond acceptors (Lipinski definition) is 10. The molecule has 4 N–H and O–H groups in total. The molecule has 0 aromatic heterocycles. The van der Waals surface area contributed by atoms with Gasteiger partial charge in [-0.1, -0.05) is 76.9 Å². The van der Waals surface area contributed by atoms with Crippen molar-refractivity contribution in [3.8, 4) is 0 Å². The number of nitrogens with one attached hydrogen (secondary N) is 4. The van der Waals surface area contributed by atoms with Gasteiger partial charge in [0.25, 0.3) is 0 Å². The van der Waals surface area contributed by atoms with Crippen LogP contribution in [-0.2, 0) is 28.7 Å². The predicted octanol–water partition coefficient (Wildman–Crippen LogP) is 10.9. The average Bonchev–Trinajstić information content (AvgIpc) is 3.16. The van der Waals surface area contributed by atoms with Gasteiger partial charge >= 0.3 is 12.2 Å². The van der Waals surface area contributed by atoms with Crippen LogP contribution in [-0.4, -0.2) is 80.1 Å². The van der Waals surface area contributed by atoms with Gasteiger partial charge in [-0.25, -0.2) is 9.59 Å². The Bertz CT molecular complexity index is 1480. The number of rotatable bonds is 20. The number of ether oxygens (including phenoxy) is 2. The Labute approximate surface area is 406 Å². The fraction of sp³-hybridized carbons (Fsp3) is 0.885. The van der Waals surface area contributed by atoms with E-state index in [-0.39, 0.29) is 45.0 Å². The lowest BCUT2D eigenvalue weighted by atomic mass is 9.53. The first-order chi connectivity index (χ1) is 30.9. The van der Waals surface area contributed by atoms with Gasteiger partial charge in [0.2, 0.25) is 11.8 Å². The van der Waals surface area contributed by atoms with Crippen LogP contribution < -0.4 is 21.3 Å². The molecule has 0 saturated heterocycles. The second-order valence-corrected chi connectivity index (χ2v) is 26.3. The van der Waals surface area contributed by atoms with E-state index >= 15 is 0 Å². The van der Waals surface area contributed by atoms with Gasteiger partial charge in [-0.2, -0.15) is 0 Å². The van der Waals surface area contributed by atoms with E-state index in [1.54, 1.807) is 0 Å². The molecule has 4 amide bonds. The summed E-state index contributed by atoms with van der Waals surface area (Å²) in [6, 6.07) is -1.17. The lowest BCUT2D eigenvalue weighted by Crippen LogP contribution is -2.62. The molecule has 0 aromatic rings. The molecular weight excluding hydrogens is 873 g/mol. The van der Waals surface area contributed by atoms with E-state index in [2.05, 4.69) is 21.3 Å². The molecule has 0 radical (unpaired) electrons. The summed E-state index contributed by atoms with van der Waals surface area (Å²) in [5.41, 5.74) is -1.36. The lowest BCUT2D eigenvalue weighted by Gasteiger charge is -2.57. The number of carbonyl (C=O) groups is 6. The van der Waals surface area contributed by atoms with Crippen molar-refractivity contribution in [3.63, 3.8) is 0 Å². The molecule has 8 bridgehead atoms.